The number of carbonyl (C=O) groups is 2. The molecule has 0 heterocycles. The zero-order valence-electron chi connectivity index (χ0n) is 25.3. The SMILES string of the molecule is CCCCNC(=O)[C@H](C)N(Cc1ccc(Cl)c(Cl)c1)C(=O)CN(c1ccc(C23CC4CC(CC(C4)C2)C3)cc1)S(C)(=O)=O. The van der Waals surface area contributed by atoms with Crippen molar-refractivity contribution in [2.45, 2.75) is 83.2 Å². The number of hydrogen-bond acceptors (Lipinski definition) is 4. The van der Waals surface area contributed by atoms with Crippen LogP contribution in [0.5, 0.6) is 0 Å². The minimum absolute atomic E-state index is 0.0701. The lowest BCUT2D eigenvalue weighted by Gasteiger charge is -2.57. The van der Waals surface area contributed by atoms with Crippen molar-refractivity contribution < 1.29 is 18.0 Å². The van der Waals surface area contributed by atoms with Gasteiger partial charge in [-0.1, -0.05) is 54.7 Å². The van der Waals surface area contributed by atoms with Gasteiger partial charge in [-0.05, 0) is 110 Å². The smallest absolute Gasteiger partial charge is 0.244 e. The molecule has 1 atom stereocenters. The van der Waals surface area contributed by atoms with Gasteiger partial charge in [0.25, 0.3) is 0 Å². The van der Waals surface area contributed by atoms with E-state index in [-0.39, 0.29) is 17.9 Å². The topological polar surface area (TPSA) is 86.8 Å². The molecular formula is C33H43Cl2N3O4S. The number of unbranched alkanes of at least 4 members (excludes halogenated alkanes) is 1. The maximum Gasteiger partial charge on any atom is 0.244 e. The van der Waals surface area contributed by atoms with Gasteiger partial charge in [0, 0.05) is 13.1 Å². The van der Waals surface area contributed by atoms with Gasteiger partial charge < -0.3 is 10.2 Å². The number of rotatable bonds is 12. The largest absolute Gasteiger partial charge is 0.354 e. The van der Waals surface area contributed by atoms with E-state index in [1.54, 1.807) is 25.1 Å². The number of nitrogens with zero attached hydrogens (tertiary/aromatic N) is 2. The van der Waals surface area contributed by atoms with Crippen molar-refractivity contribution in [1.82, 2.24) is 10.2 Å². The first-order chi connectivity index (χ1) is 20.4. The highest BCUT2D eigenvalue weighted by Gasteiger charge is 2.51. The third kappa shape index (κ3) is 7.18. The van der Waals surface area contributed by atoms with Gasteiger partial charge in [-0.2, -0.15) is 0 Å². The summed E-state index contributed by atoms with van der Waals surface area (Å²) in [5.74, 6) is 1.63. The van der Waals surface area contributed by atoms with E-state index in [4.69, 9.17) is 23.2 Å². The average Bonchev–Trinajstić information content (AvgIpc) is 2.95. The number of amides is 2. The molecule has 0 aliphatic heterocycles. The molecule has 6 rings (SSSR count). The van der Waals surface area contributed by atoms with E-state index >= 15 is 0 Å². The Hall–Kier alpha value is -2.29. The second-order valence-electron chi connectivity index (χ2n) is 13.1. The van der Waals surface area contributed by atoms with Gasteiger partial charge in [0.1, 0.15) is 12.6 Å². The fourth-order valence-corrected chi connectivity index (χ4v) is 9.18. The first-order valence-corrected chi connectivity index (χ1v) is 18.1. The summed E-state index contributed by atoms with van der Waals surface area (Å²) in [6, 6.07) is 12.0. The first-order valence-electron chi connectivity index (χ1n) is 15.5. The molecule has 4 fully saturated rings. The molecule has 4 aliphatic rings. The van der Waals surface area contributed by atoms with Crippen LogP contribution in [0.2, 0.25) is 10.0 Å². The molecule has 10 heteroatoms. The lowest BCUT2D eigenvalue weighted by atomic mass is 9.48. The Bertz CT molecular complexity index is 1410. The molecule has 234 valence electrons. The highest BCUT2D eigenvalue weighted by molar-refractivity contribution is 7.92. The maximum atomic E-state index is 13.9. The standard InChI is InChI=1S/C33H43Cl2N3O4S/c1-4-5-12-36-32(40)22(2)37(20-23-6-11-29(34)30(35)16-23)31(39)21-38(43(3,41)42)28-9-7-27(8-10-28)33-17-24-13-25(18-33)15-26(14-24)19-33/h6-11,16,22,24-26H,4-5,12-15,17-21H2,1-3H3,(H,36,40)/t22-,24?,25?,26?,33?/m0/s1. The van der Waals surface area contributed by atoms with Gasteiger partial charge in [0.15, 0.2) is 0 Å². The lowest BCUT2D eigenvalue weighted by Crippen LogP contribution is -2.51. The van der Waals surface area contributed by atoms with Crippen molar-refractivity contribution in [3.63, 3.8) is 0 Å². The first kappa shape index (κ1) is 32.1. The van der Waals surface area contributed by atoms with Gasteiger partial charge in [-0.25, -0.2) is 8.42 Å². The number of benzene rings is 2. The molecular weight excluding hydrogens is 605 g/mol. The van der Waals surface area contributed by atoms with E-state index in [0.29, 0.717) is 27.8 Å². The van der Waals surface area contributed by atoms with Crippen molar-refractivity contribution >= 4 is 50.7 Å². The van der Waals surface area contributed by atoms with Crippen molar-refractivity contribution in [3.8, 4) is 0 Å². The molecule has 0 saturated heterocycles. The summed E-state index contributed by atoms with van der Waals surface area (Å²) in [7, 11) is -3.81. The fraction of sp³-hybridized carbons (Fsp3) is 0.576. The van der Waals surface area contributed by atoms with Crippen LogP contribution in [0.15, 0.2) is 42.5 Å². The molecule has 2 aromatic rings. The quantitative estimate of drug-likeness (QED) is 0.264. The van der Waals surface area contributed by atoms with Crippen LogP contribution in [0.3, 0.4) is 0 Å². The monoisotopic (exact) mass is 647 g/mol. The third-order valence-electron chi connectivity index (χ3n) is 9.82. The summed E-state index contributed by atoms with van der Waals surface area (Å²) in [4.78, 5) is 28.3. The van der Waals surface area contributed by atoms with E-state index in [1.165, 1.54) is 49.0 Å². The van der Waals surface area contributed by atoms with E-state index in [2.05, 4.69) is 17.4 Å². The number of sulfonamides is 1. The summed E-state index contributed by atoms with van der Waals surface area (Å²) in [6.45, 7) is 3.83. The number of anilines is 1. The van der Waals surface area contributed by atoms with Crippen LogP contribution in [0, 0.1) is 17.8 Å². The van der Waals surface area contributed by atoms with Gasteiger partial charge in [-0.15, -0.1) is 0 Å². The predicted molar refractivity (Wildman–Crippen MR) is 173 cm³/mol. The average molecular weight is 649 g/mol. The number of halogens is 2. The van der Waals surface area contributed by atoms with Gasteiger partial charge in [-0.3, -0.25) is 13.9 Å². The van der Waals surface area contributed by atoms with Gasteiger partial charge in [0.2, 0.25) is 21.8 Å². The molecule has 0 unspecified atom stereocenters. The molecule has 4 saturated carbocycles. The zero-order chi connectivity index (χ0) is 30.9. The Morgan fingerprint density at radius 1 is 0.977 bits per heavy atom. The Balaban J connectivity index is 1.38. The number of nitrogens with one attached hydrogen (secondary N) is 1. The van der Waals surface area contributed by atoms with Crippen LogP contribution >= 0.6 is 23.2 Å². The summed E-state index contributed by atoms with van der Waals surface area (Å²) in [5, 5.41) is 3.61. The van der Waals surface area contributed by atoms with Crippen LogP contribution < -0.4 is 9.62 Å². The van der Waals surface area contributed by atoms with Crippen molar-refractivity contribution in [2.75, 3.05) is 23.7 Å². The predicted octanol–water partition coefficient (Wildman–Crippen LogP) is 6.56. The van der Waals surface area contributed by atoms with Crippen LogP contribution in [0.1, 0.15) is 76.3 Å². The second-order valence-corrected chi connectivity index (χ2v) is 15.8. The molecule has 4 aliphatic carbocycles. The Morgan fingerprint density at radius 2 is 1.58 bits per heavy atom. The van der Waals surface area contributed by atoms with Crippen molar-refractivity contribution in [1.29, 1.82) is 0 Å². The van der Waals surface area contributed by atoms with E-state index in [9.17, 15) is 18.0 Å². The van der Waals surface area contributed by atoms with Crippen molar-refractivity contribution in [2.24, 2.45) is 17.8 Å². The molecule has 1 N–H and O–H groups in total. The molecule has 0 spiro atoms. The Kier molecular flexibility index (Phi) is 9.69. The minimum Gasteiger partial charge on any atom is -0.354 e. The van der Waals surface area contributed by atoms with E-state index in [0.717, 1.165) is 41.2 Å². The van der Waals surface area contributed by atoms with Crippen LogP contribution in [-0.4, -0.2) is 50.5 Å². The zero-order valence-corrected chi connectivity index (χ0v) is 27.6. The Labute approximate surface area is 266 Å². The molecule has 43 heavy (non-hydrogen) atoms. The Morgan fingerprint density at radius 3 is 2.12 bits per heavy atom. The molecule has 0 radical (unpaired) electrons. The third-order valence-corrected chi connectivity index (χ3v) is 11.7. The summed E-state index contributed by atoms with van der Waals surface area (Å²) < 4.78 is 27.3. The molecule has 2 aromatic carbocycles. The summed E-state index contributed by atoms with van der Waals surface area (Å²) in [6.07, 6.45) is 10.6. The maximum absolute atomic E-state index is 13.9. The number of hydrogen-bond donors (Lipinski definition) is 1. The normalized spacial score (nSPS) is 24.9. The van der Waals surface area contributed by atoms with Crippen LogP contribution in [0.4, 0.5) is 5.69 Å². The second kappa shape index (κ2) is 13.0. The minimum atomic E-state index is -3.81. The van der Waals surface area contributed by atoms with Crippen molar-refractivity contribution in [3.05, 3.63) is 63.6 Å². The highest BCUT2D eigenvalue weighted by Crippen LogP contribution is 2.60. The van der Waals surface area contributed by atoms with Gasteiger partial charge >= 0.3 is 0 Å². The summed E-state index contributed by atoms with van der Waals surface area (Å²) >= 11 is 12.3. The number of carbonyl (C=O) groups excluding carboxylic acids is 2. The molecule has 4 bridgehead atoms. The highest BCUT2D eigenvalue weighted by atomic mass is 35.5. The van der Waals surface area contributed by atoms with Crippen LogP contribution in [-0.2, 0) is 31.6 Å². The molecule has 7 nitrogen and oxygen atoms in total. The molecule has 2 amide bonds. The van der Waals surface area contributed by atoms with E-state index in [1.807, 2.05) is 19.1 Å². The summed E-state index contributed by atoms with van der Waals surface area (Å²) in [5.41, 5.74) is 2.60. The fourth-order valence-electron chi connectivity index (χ4n) is 8.01. The van der Waals surface area contributed by atoms with Crippen LogP contribution in [0.25, 0.3) is 0 Å². The lowest BCUT2D eigenvalue weighted by molar-refractivity contribution is -0.139. The van der Waals surface area contributed by atoms with Gasteiger partial charge in [0.05, 0.1) is 22.0 Å². The van der Waals surface area contributed by atoms with E-state index < -0.39 is 28.5 Å². The molecule has 0 aromatic heterocycles.